The van der Waals surface area contributed by atoms with Gasteiger partial charge in [0.25, 0.3) is 4.52 Å². The number of carboxylic acid groups (broad SMARTS) is 1. The Hall–Kier alpha value is -1.26. The average Bonchev–Trinajstić information content (AvgIpc) is 2.38. The summed E-state index contributed by atoms with van der Waals surface area (Å²) >= 11 is 11.8. The lowest BCUT2D eigenvalue weighted by molar-refractivity contribution is 0.0348. The Balaban J connectivity index is 2.78. The van der Waals surface area contributed by atoms with Crippen molar-refractivity contribution in [3.8, 4) is 0 Å². The molecular weight excluding hydrogens is 303 g/mol. The lowest BCUT2D eigenvalue weighted by atomic mass is 10.1. The first kappa shape index (κ1) is 16.8. The topological polar surface area (TPSA) is 63.6 Å². The van der Waals surface area contributed by atoms with Crippen LogP contribution in [0, 0.1) is 0 Å². The number of rotatable bonds is 7. The van der Waals surface area contributed by atoms with Crippen LogP contribution in [-0.4, -0.2) is 21.6 Å². The Kier molecular flexibility index (Phi) is 6.30. The number of carbonyl (C=O) groups excluding carboxylic acids is 1. The first-order chi connectivity index (χ1) is 9.37. The van der Waals surface area contributed by atoms with Gasteiger partial charge >= 0.3 is 11.9 Å². The molecule has 1 rings (SSSR count). The molecule has 0 bridgehead atoms. The minimum atomic E-state index is -1.64. The zero-order chi connectivity index (χ0) is 15.2. The van der Waals surface area contributed by atoms with E-state index in [2.05, 4.69) is 0 Å². The maximum atomic E-state index is 12.0. The van der Waals surface area contributed by atoms with Gasteiger partial charge in [0.15, 0.2) is 0 Å². The highest BCUT2D eigenvalue weighted by Gasteiger charge is 2.30. The van der Waals surface area contributed by atoms with E-state index in [1.54, 1.807) is 6.07 Å². The van der Waals surface area contributed by atoms with Crippen molar-refractivity contribution in [3.63, 3.8) is 0 Å². The number of unbranched alkanes of at least 4 members (excludes halogenated alkanes) is 2. The van der Waals surface area contributed by atoms with Gasteiger partial charge in [-0.05, 0) is 18.6 Å². The molecule has 0 saturated heterocycles. The number of ether oxygens (including phenoxy) is 1. The highest BCUT2D eigenvalue weighted by atomic mass is 35.5. The van der Waals surface area contributed by atoms with Gasteiger partial charge in [-0.1, -0.05) is 55.1 Å². The van der Waals surface area contributed by atoms with E-state index in [4.69, 9.17) is 33.0 Å². The second-order valence-corrected chi connectivity index (χ2v) is 5.75. The minimum Gasteiger partial charge on any atom is -0.478 e. The molecule has 1 N–H and O–H groups in total. The summed E-state index contributed by atoms with van der Waals surface area (Å²) in [6.45, 7) is 2.03. The van der Waals surface area contributed by atoms with Gasteiger partial charge in [0.1, 0.15) is 0 Å². The van der Waals surface area contributed by atoms with Gasteiger partial charge in [0.05, 0.1) is 11.1 Å². The summed E-state index contributed by atoms with van der Waals surface area (Å²) in [5.41, 5.74) is -0.212. The predicted octanol–water partition coefficient (Wildman–Crippen LogP) is 4.25. The molecule has 0 saturated carbocycles. The van der Waals surface area contributed by atoms with Gasteiger partial charge in [0.2, 0.25) is 0 Å². The lowest BCUT2D eigenvalue weighted by Gasteiger charge is -2.20. The van der Waals surface area contributed by atoms with Crippen LogP contribution in [0.5, 0.6) is 0 Å². The van der Waals surface area contributed by atoms with Gasteiger partial charge in [-0.25, -0.2) is 9.59 Å². The zero-order valence-electron chi connectivity index (χ0n) is 11.1. The van der Waals surface area contributed by atoms with Gasteiger partial charge in [-0.3, -0.25) is 0 Å². The fourth-order valence-corrected chi connectivity index (χ4v) is 2.08. The molecule has 0 aliphatic heterocycles. The highest BCUT2D eigenvalue weighted by Crippen LogP contribution is 2.30. The van der Waals surface area contributed by atoms with Crippen LogP contribution in [0.25, 0.3) is 0 Å². The van der Waals surface area contributed by atoms with Crippen LogP contribution in [-0.2, 0) is 4.74 Å². The standard InChI is InChI=1S/C14H16Cl2O4/c1-2-3-6-9-14(15,16)20-13(19)11-8-5-4-7-10(11)12(17)18/h4-5,7-8H,2-3,6,9H2,1H3,(H,17,18). The van der Waals surface area contributed by atoms with Gasteiger partial charge < -0.3 is 9.84 Å². The van der Waals surface area contributed by atoms with Gasteiger partial charge in [-0.2, -0.15) is 0 Å². The molecule has 0 aliphatic rings. The number of carbonyl (C=O) groups is 2. The maximum Gasteiger partial charge on any atom is 0.341 e. The van der Waals surface area contributed by atoms with Crippen LogP contribution in [0.3, 0.4) is 0 Å². The Morgan fingerprint density at radius 1 is 1.20 bits per heavy atom. The second kappa shape index (κ2) is 7.50. The Morgan fingerprint density at radius 2 is 1.80 bits per heavy atom. The lowest BCUT2D eigenvalue weighted by Crippen LogP contribution is -2.24. The molecule has 0 spiro atoms. The summed E-state index contributed by atoms with van der Waals surface area (Å²) in [6, 6.07) is 5.75. The molecule has 1 aromatic rings. The molecule has 0 unspecified atom stereocenters. The molecule has 6 heteroatoms. The second-order valence-electron chi connectivity index (χ2n) is 4.33. The monoisotopic (exact) mass is 318 g/mol. The van der Waals surface area contributed by atoms with Crippen LogP contribution in [0.2, 0.25) is 0 Å². The fourth-order valence-electron chi connectivity index (χ4n) is 1.67. The molecular formula is C14H16Cl2O4. The Morgan fingerprint density at radius 3 is 2.35 bits per heavy atom. The number of hydrogen-bond donors (Lipinski definition) is 1. The number of benzene rings is 1. The Bertz CT molecular complexity index is 486. The number of carboxylic acids is 1. The fraction of sp³-hybridized carbons (Fsp3) is 0.429. The van der Waals surface area contributed by atoms with Crippen molar-refractivity contribution in [2.75, 3.05) is 0 Å². The van der Waals surface area contributed by atoms with Gasteiger partial charge in [0, 0.05) is 6.42 Å². The third kappa shape index (κ3) is 5.02. The van der Waals surface area contributed by atoms with Crippen LogP contribution in [0.15, 0.2) is 24.3 Å². The summed E-state index contributed by atoms with van der Waals surface area (Å²) in [5, 5.41) is 9.01. The van der Waals surface area contributed by atoms with Crippen LogP contribution >= 0.6 is 23.2 Å². The SMILES string of the molecule is CCCCCC(Cl)(Cl)OC(=O)c1ccccc1C(=O)O. The van der Waals surface area contributed by atoms with Crippen molar-refractivity contribution >= 4 is 35.1 Å². The number of aromatic carboxylic acids is 1. The van der Waals surface area contributed by atoms with E-state index >= 15 is 0 Å². The maximum absolute atomic E-state index is 12.0. The average molecular weight is 319 g/mol. The predicted molar refractivity (Wildman–Crippen MR) is 77.4 cm³/mol. The van der Waals surface area contributed by atoms with E-state index in [1.165, 1.54) is 18.2 Å². The van der Waals surface area contributed by atoms with Crippen LogP contribution in [0.1, 0.15) is 53.3 Å². The molecule has 0 fully saturated rings. The first-order valence-electron chi connectivity index (χ1n) is 6.31. The van der Waals surface area contributed by atoms with Crippen LogP contribution in [0.4, 0.5) is 0 Å². The van der Waals surface area contributed by atoms with E-state index in [1.807, 2.05) is 6.92 Å². The van der Waals surface area contributed by atoms with E-state index in [9.17, 15) is 9.59 Å². The molecule has 20 heavy (non-hydrogen) atoms. The van der Waals surface area contributed by atoms with E-state index in [-0.39, 0.29) is 11.1 Å². The van der Waals surface area contributed by atoms with Crippen molar-refractivity contribution in [2.24, 2.45) is 0 Å². The van der Waals surface area contributed by atoms with Crippen LogP contribution < -0.4 is 0 Å². The number of alkyl halides is 2. The highest BCUT2D eigenvalue weighted by molar-refractivity contribution is 6.47. The third-order valence-electron chi connectivity index (χ3n) is 2.69. The quantitative estimate of drug-likeness (QED) is 0.463. The normalized spacial score (nSPS) is 11.2. The molecule has 1 aromatic carbocycles. The minimum absolute atomic E-state index is 0.0684. The molecule has 0 aromatic heterocycles. The Labute approximate surface area is 127 Å². The smallest absolute Gasteiger partial charge is 0.341 e. The van der Waals surface area contributed by atoms with Crippen molar-refractivity contribution < 1.29 is 19.4 Å². The molecule has 0 amide bonds. The molecule has 0 atom stereocenters. The summed E-state index contributed by atoms with van der Waals surface area (Å²) in [4.78, 5) is 23.0. The third-order valence-corrected chi connectivity index (χ3v) is 3.22. The largest absolute Gasteiger partial charge is 0.478 e. The summed E-state index contributed by atoms with van der Waals surface area (Å²) in [7, 11) is 0. The molecule has 0 radical (unpaired) electrons. The van der Waals surface area contributed by atoms with Crippen molar-refractivity contribution in [2.45, 2.75) is 37.1 Å². The molecule has 4 nitrogen and oxygen atoms in total. The number of esters is 1. The van der Waals surface area contributed by atoms with E-state index in [0.29, 0.717) is 6.42 Å². The zero-order valence-corrected chi connectivity index (χ0v) is 12.6. The first-order valence-corrected chi connectivity index (χ1v) is 7.06. The molecule has 0 heterocycles. The number of hydrogen-bond acceptors (Lipinski definition) is 3. The summed E-state index contributed by atoms with van der Waals surface area (Å²) < 4.78 is 3.35. The summed E-state index contributed by atoms with van der Waals surface area (Å²) in [6.07, 6.45) is 2.92. The van der Waals surface area contributed by atoms with Crippen molar-refractivity contribution in [1.29, 1.82) is 0 Å². The molecule has 0 aliphatic carbocycles. The van der Waals surface area contributed by atoms with E-state index in [0.717, 1.165) is 19.3 Å². The van der Waals surface area contributed by atoms with Gasteiger partial charge in [-0.15, -0.1) is 0 Å². The van der Waals surface area contributed by atoms with E-state index < -0.39 is 16.5 Å². The number of halogens is 2. The molecule has 110 valence electrons. The van der Waals surface area contributed by atoms with Crippen molar-refractivity contribution in [3.05, 3.63) is 35.4 Å². The summed E-state index contributed by atoms with van der Waals surface area (Å²) in [5.74, 6) is -2.05. The van der Waals surface area contributed by atoms with Crippen molar-refractivity contribution in [1.82, 2.24) is 0 Å².